The fourth-order valence-electron chi connectivity index (χ4n) is 3.00. The first-order chi connectivity index (χ1) is 17.4. The van der Waals surface area contributed by atoms with Crippen LogP contribution in [0.2, 0.25) is 0 Å². The third-order valence-electron chi connectivity index (χ3n) is 5.84. The third kappa shape index (κ3) is 15.3. The molecular weight excluding hydrogens is 482 g/mol. The van der Waals surface area contributed by atoms with Crippen LogP contribution in [0.3, 0.4) is 0 Å². The van der Waals surface area contributed by atoms with E-state index in [0.29, 0.717) is 19.5 Å². The van der Waals surface area contributed by atoms with E-state index in [1.165, 1.54) is 13.1 Å². The van der Waals surface area contributed by atoms with Crippen LogP contribution in [-0.4, -0.2) is 59.9 Å². The van der Waals surface area contributed by atoms with Gasteiger partial charge in [-0.05, 0) is 39.0 Å². The molecule has 0 heterocycles. The molecule has 4 atom stereocenters. The van der Waals surface area contributed by atoms with Gasteiger partial charge < -0.3 is 32.1 Å². The summed E-state index contributed by atoms with van der Waals surface area (Å²) in [7, 11) is 0. The molecule has 0 unspecified atom stereocenters. The lowest BCUT2D eigenvalue weighted by atomic mass is 10.1. The molecule has 0 saturated heterocycles. The topological polar surface area (TPSA) is 216 Å². The highest BCUT2D eigenvalue weighted by Gasteiger charge is 2.21. The van der Waals surface area contributed by atoms with Crippen molar-refractivity contribution in [1.82, 2.24) is 21.3 Å². The summed E-state index contributed by atoms with van der Waals surface area (Å²) in [6, 6.07) is -1.67. The van der Waals surface area contributed by atoms with E-state index in [0.717, 1.165) is 19.3 Å². The number of aliphatic carboxylic acids is 1. The largest absolute Gasteiger partial charge is 0.481 e. The number of hydrogen-bond acceptors (Lipinski definition) is 8. The summed E-state index contributed by atoms with van der Waals surface area (Å²) < 4.78 is 0. The molecule has 0 aliphatic carbocycles. The number of nitrogens with two attached hydrogens (primary N) is 1. The van der Waals surface area contributed by atoms with Crippen molar-refractivity contribution in [2.75, 3.05) is 13.1 Å². The van der Waals surface area contributed by atoms with E-state index in [9.17, 15) is 24.0 Å². The Bertz CT molecular complexity index is 817. The van der Waals surface area contributed by atoms with Gasteiger partial charge in [-0.1, -0.05) is 20.8 Å². The molecule has 37 heavy (non-hydrogen) atoms. The van der Waals surface area contributed by atoms with E-state index < -0.39 is 35.8 Å². The first-order valence-electron chi connectivity index (χ1n) is 12.6. The van der Waals surface area contributed by atoms with Crippen molar-refractivity contribution in [3.05, 3.63) is 11.9 Å². The number of carboxylic acids is 1. The Hall–Kier alpha value is -3.51. The van der Waals surface area contributed by atoms with Gasteiger partial charge in [0, 0.05) is 38.0 Å². The van der Waals surface area contributed by atoms with Crippen LogP contribution < -0.4 is 27.0 Å². The number of rotatable bonds is 20. The Kier molecular flexibility index (Phi) is 16.9. The average Bonchev–Trinajstić information content (AvgIpc) is 2.86. The molecule has 0 aromatic carbocycles. The molecule has 210 valence electrons. The minimum atomic E-state index is -1.07. The van der Waals surface area contributed by atoms with Gasteiger partial charge in [0.05, 0.1) is 11.6 Å². The van der Waals surface area contributed by atoms with Crippen molar-refractivity contribution in [2.24, 2.45) is 22.7 Å². The van der Waals surface area contributed by atoms with Crippen LogP contribution in [0, 0.1) is 17.4 Å². The highest BCUT2D eigenvalue weighted by Crippen LogP contribution is 2.09. The fraction of sp³-hybridized carbons (Fsp3) is 0.708. The lowest BCUT2D eigenvalue weighted by molar-refractivity contribution is -0.141. The highest BCUT2D eigenvalue weighted by atomic mass is 16.4. The molecule has 0 radical (unpaired) electrons. The molecule has 0 rings (SSSR count). The van der Waals surface area contributed by atoms with Gasteiger partial charge in [-0.15, -0.1) is 0 Å². The minimum Gasteiger partial charge on any atom is -0.481 e. The van der Waals surface area contributed by atoms with Crippen molar-refractivity contribution in [3.63, 3.8) is 0 Å². The predicted molar refractivity (Wildman–Crippen MR) is 137 cm³/mol. The zero-order chi connectivity index (χ0) is 28.4. The van der Waals surface area contributed by atoms with E-state index in [2.05, 4.69) is 26.4 Å². The second-order valence-electron chi connectivity index (χ2n) is 9.10. The Morgan fingerprint density at radius 3 is 2.19 bits per heavy atom. The molecule has 13 nitrogen and oxygen atoms in total. The number of nitrogens with one attached hydrogen (secondary N) is 5. The van der Waals surface area contributed by atoms with Crippen molar-refractivity contribution in [2.45, 2.75) is 84.7 Å². The van der Waals surface area contributed by atoms with Gasteiger partial charge in [-0.3, -0.25) is 24.0 Å². The summed E-state index contributed by atoms with van der Waals surface area (Å²) in [6.07, 6.45) is 4.49. The van der Waals surface area contributed by atoms with Gasteiger partial charge >= 0.3 is 5.97 Å². The molecule has 8 N–H and O–H groups in total. The van der Waals surface area contributed by atoms with Gasteiger partial charge in [0.25, 0.3) is 0 Å². The molecule has 13 heteroatoms. The Morgan fingerprint density at radius 2 is 1.62 bits per heavy atom. The molecular formula is C24H43N7O6. The van der Waals surface area contributed by atoms with Crippen LogP contribution in [0.1, 0.15) is 72.6 Å². The molecule has 0 aliphatic heterocycles. The van der Waals surface area contributed by atoms with E-state index in [-0.39, 0.29) is 42.7 Å². The number of carbonyl (C=O) groups excluding carboxylic acids is 4. The molecule has 0 saturated carbocycles. The van der Waals surface area contributed by atoms with Crippen molar-refractivity contribution >= 4 is 29.6 Å². The van der Waals surface area contributed by atoms with Crippen LogP contribution in [0.15, 0.2) is 17.0 Å². The van der Waals surface area contributed by atoms with Crippen LogP contribution in [0.5, 0.6) is 0 Å². The van der Waals surface area contributed by atoms with E-state index >= 15 is 0 Å². The molecule has 0 aliphatic rings. The fourth-order valence-corrected chi connectivity index (χ4v) is 3.00. The van der Waals surface area contributed by atoms with E-state index in [4.69, 9.17) is 16.4 Å². The van der Waals surface area contributed by atoms with Gasteiger partial charge in [0.15, 0.2) is 0 Å². The number of nitrogens with zero attached hydrogens (tertiary/aromatic N) is 1. The second-order valence-corrected chi connectivity index (χ2v) is 9.10. The summed E-state index contributed by atoms with van der Waals surface area (Å²) in [6.45, 7) is 7.90. The number of carboxylic acid groups (broad SMARTS) is 1. The van der Waals surface area contributed by atoms with Crippen molar-refractivity contribution in [3.8, 4) is 0 Å². The van der Waals surface area contributed by atoms with Crippen LogP contribution in [0.4, 0.5) is 0 Å². The second kappa shape index (κ2) is 18.7. The monoisotopic (exact) mass is 525 g/mol. The molecule has 0 spiro atoms. The molecule has 0 aromatic heterocycles. The van der Waals surface area contributed by atoms with Gasteiger partial charge in [0.2, 0.25) is 23.6 Å². The summed E-state index contributed by atoms with van der Waals surface area (Å²) in [5, 5.41) is 23.2. The van der Waals surface area contributed by atoms with E-state index in [1.807, 2.05) is 13.8 Å². The van der Waals surface area contributed by atoms with Crippen molar-refractivity contribution in [1.29, 1.82) is 5.53 Å². The molecule has 4 amide bonds. The Labute approximate surface area is 218 Å². The standard InChI is InChI=1S/C24H43N7O6/c1-5-15(2)22(34)29-17(4)23(35)28-12-8-6-7-11-27-14-18(31-26)13-19(21(25)33)30-20(32)10-9-16(3)24(36)37/h14-17,19,26-27H,5-13H2,1-4H3,(H2,25,33)(H,28,35)(H,29,34)(H,30,32)(H,36,37)/b18-14-,31-26?/t15-,16+,17-,19+/m1/s1. The maximum absolute atomic E-state index is 12.1. The number of hydrogen-bond donors (Lipinski definition) is 7. The molecule has 0 bridgehead atoms. The number of carbonyl (C=O) groups is 5. The lowest BCUT2D eigenvalue weighted by Crippen LogP contribution is -2.46. The SMILES string of the molecule is CC[C@@H](C)C(=O)N[C@H](C)C(=O)NCCCCCN/C=C(/C[C@H](NC(=O)CC[C@H](C)C(=O)O)C(N)=O)N=N. The smallest absolute Gasteiger partial charge is 0.306 e. The lowest BCUT2D eigenvalue weighted by Gasteiger charge is -2.16. The van der Waals surface area contributed by atoms with Crippen LogP contribution in [0.25, 0.3) is 0 Å². The van der Waals surface area contributed by atoms with Gasteiger partial charge in [-0.25, -0.2) is 5.53 Å². The van der Waals surface area contributed by atoms with Crippen LogP contribution >= 0.6 is 0 Å². The van der Waals surface area contributed by atoms with Crippen LogP contribution in [-0.2, 0) is 24.0 Å². The zero-order valence-corrected chi connectivity index (χ0v) is 22.3. The summed E-state index contributed by atoms with van der Waals surface area (Å²) in [5.41, 5.74) is 12.9. The first-order valence-corrected chi connectivity index (χ1v) is 12.6. The number of unbranched alkanes of at least 4 members (excludes halogenated alkanes) is 2. The molecule has 0 fully saturated rings. The Morgan fingerprint density at radius 1 is 0.973 bits per heavy atom. The van der Waals surface area contributed by atoms with Gasteiger partial charge in [-0.2, -0.15) is 5.11 Å². The zero-order valence-electron chi connectivity index (χ0n) is 22.3. The van der Waals surface area contributed by atoms with Gasteiger partial charge in [0.1, 0.15) is 12.1 Å². The number of primary amides is 1. The predicted octanol–water partition coefficient (Wildman–Crippen LogP) is 1.15. The summed E-state index contributed by atoms with van der Waals surface area (Å²) in [4.78, 5) is 58.5. The summed E-state index contributed by atoms with van der Waals surface area (Å²) >= 11 is 0. The maximum atomic E-state index is 12.1. The molecule has 0 aromatic rings. The number of amides is 4. The maximum Gasteiger partial charge on any atom is 0.306 e. The first kappa shape index (κ1) is 33.5. The highest BCUT2D eigenvalue weighted by molar-refractivity contribution is 5.88. The van der Waals surface area contributed by atoms with E-state index in [1.54, 1.807) is 6.92 Å². The summed E-state index contributed by atoms with van der Waals surface area (Å²) in [5.74, 6) is -3.50. The van der Waals surface area contributed by atoms with Crippen molar-refractivity contribution < 1.29 is 29.1 Å². The Balaban J connectivity index is 4.31. The quantitative estimate of drug-likeness (QED) is 0.0907. The minimum absolute atomic E-state index is 0.0708. The normalized spacial score (nSPS) is 14.4. The third-order valence-corrected chi connectivity index (χ3v) is 5.84. The average molecular weight is 526 g/mol.